The van der Waals surface area contributed by atoms with Crippen LogP contribution in [0.3, 0.4) is 0 Å². The molecule has 0 bridgehead atoms. The van der Waals surface area contributed by atoms with E-state index in [1.54, 1.807) is 0 Å². The molecule has 4 rings (SSSR count). The highest BCUT2D eigenvalue weighted by Crippen LogP contribution is 2.57. The molecule has 0 N–H and O–H groups in total. The van der Waals surface area contributed by atoms with Crippen molar-refractivity contribution < 1.29 is 0 Å². The monoisotopic (exact) mass is 354 g/mol. The van der Waals surface area contributed by atoms with Crippen LogP contribution < -0.4 is 0 Å². The average Bonchev–Trinajstić information content (AvgIpc) is 2.91. The molecular formula is C27H30. The van der Waals surface area contributed by atoms with E-state index in [4.69, 9.17) is 0 Å². The van der Waals surface area contributed by atoms with Crippen LogP contribution in [0.15, 0.2) is 84.9 Å². The minimum absolute atomic E-state index is 0.0424. The molecule has 0 spiro atoms. The molecular weight excluding hydrogens is 324 g/mol. The Bertz CT molecular complexity index is 919. The van der Waals surface area contributed by atoms with Gasteiger partial charge >= 0.3 is 0 Å². The first-order valence-electron chi connectivity index (χ1n) is 10.1. The van der Waals surface area contributed by atoms with Gasteiger partial charge in [0.15, 0.2) is 0 Å². The molecule has 0 fully saturated rings. The average molecular weight is 355 g/mol. The number of rotatable bonds is 4. The number of fused-ring (bicyclic) bond motifs is 1. The first kappa shape index (κ1) is 18.0. The van der Waals surface area contributed by atoms with Gasteiger partial charge in [0, 0.05) is 5.41 Å². The van der Waals surface area contributed by atoms with Crippen LogP contribution in [-0.2, 0) is 16.2 Å². The van der Waals surface area contributed by atoms with Crippen LogP contribution in [0.4, 0.5) is 0 Å². The van der Waals surface area contributed by atoms with Gasteiger partial charge in [0.25, 0.3) is 0 Å². The number of hydrogen-bond donors (Lipinski definition) is 0. The van der Waals surface area contributed by atoms with Crippen molar-refractivity contribution >= 4 is 0 Å². The summed E-state index contributed by atoms with van der Waals surface area (Å²) in [6.07, 6.45) is 2.26. The van der Waals surface area contributed by atoms with Gasteiger partial charge in [-0.1, -0.05) is 113 Å². The third-order valence-corrected chi connectivity index (χ3v) is 6.54. The Morgan fingerprint density at radius 2 is 1.22 bits per heavy atom. The fourth-order valence-corrected chi connectivity index (χ4v) is 5.46. The fraction of sp³-hybridized carbons (Fsp3) is 0.333. The normalized spacial score (nSPS) is 21.0. The van der Waals surface area contributed by atoms with E-state index < -0.39 is 0 Å². The van der Waals surface area contributed by atoms with E-state index in [0.717, 1.165) is 12.8 Å². The molecule has 0 radical (unpaired) electrons. The molecule has 0 amide bonds. The van der Waals surface area contributed by atoms with E-state index in [-0.39, 0.29) is 16.2 Å². The zero-order chi connectivity index (χ0) is 19.1. The summed E-state index contributed by atoms with van der Waals surface area (Å²) in [5.41, 5.74) is 6.21. The van der Waals surface area contributed by atoms with E-state index in [9.17, 15) is 0 Å². The minimum atomic E-state index is 0.0424. The second-order valence-electron chi connectivity index (χ2n) is 9.48. The van der Waals surface area contributed by atoms with Gasteiger partial charge in [0.05, 0.1) is 0 Å². The summed E-state index contributed by atoms with van der Waals surface area (Å²) in [5, 5.41) is 0. The maximum Gasteiger partial charge on any atom is 0.0222 e. The van der Waals surface area contributed by atoms with Crippen molar-refractivity contribution in [3.8, 4) is 0 Å². The Kier molecular flexibility index (Phi) is 4.26. The zero-order valence-corrected chi connectivity index (χ0v) is 17.0. The van der Waals surface area contributed by atoms with E-state index in [0.29, 0.717) is 0 Å². The van der Waals surface area contributed by atoms with Gasteiger partial charge in [0.2, 0.25) is 0 Å². The topological polar surface area (TPSA) is 0 Å². The van der Waals surface area contributed by atoms with Crippen molar-refractivity contribution in [2.45, 2.75) is 56.8 Å². The maximum absolute atomic E-state index is 2.41. The van der Waals surface area contributed by atoms with Crippen molar-refractivity contribution in [1.29, 1.82) is 0 Å². The first-order chi connectivity index (χ1) is 12.9. The summed E-state index contributed by atoms with van der Waals surface area (Å²) in [6.45, 7) is 9.62. The van der Waals surface area contributed by atoms with E-state index in [1.165, 1.54) is 22.3 Å². The fourth-order valence-electron chi connectivity index (χ4n) is 5.46. The van der Waals surface area contributed by atoms with E-state index >= 15 is 0 Å². The molecule has 1 aliphatic carbocycles. The highest BCUT2D eigenvalue weighted by Gasteiger charge is 2.50. The summed E-state index contributed by atoms with van der Waals surface area (Å²) in [4.78, 5) is 0. The van der Waals surface area contributed by atoms with Gasteiger partial charge < -0.3 is 0 Å². The predicted octanol–water partition coefficient (Wildman–Crippen LogP) is 7.02. The Balaban J connectivity index is 1.90. The molecule has 0 aliphatic heterocycles. The largest absolute Gasteiger partial charge is 0.0622 e. The van der Waals surface area contributed by atoms with Crippen molar-refractivity contribution in [2.75, 3.05) is 0 Å². The summed E-state index contributed by atoms with van der Waals surface area (Å²) >= 11 is 0. The molecule has 0 aromatic heterocycles. The summed E-state index contributed by atoms with van der Waals surface area (Å²) in [6, 6.07) is 31.3. The molecule has 0 saturated carbocycles. The molecule has 0 nitrogen and oxygen atoms in total. The third kappa shape index (κ3) is 3.02. The highest BCUT2D eigenvalue weighted by atomic mass is 14.5. The molecule has 0 heterocycles. The number of benzene rings is 3. The van der Waals surface area contributed by atoms with Gasteiger partial charge in [-0.05, 0) is 45.9 Å². The molecule has 1 unspecified atom stereocenters. The van der Waals surface area contributed by atoms with Crippen LogP contribution in [0.5, 0.6) is 0 Å². The van der Waals surface area contributed by atoms with Crippen LogP contribution in [0.1, 0.15) is 62.8 Å². The Morgan fingerprint density at radius 1 is 0.704 bits per heavy atom. The lowest BCUT2D eigenvalue weighted by Crippen LogP contribution is -2.35. The van der Waals surface area contributed by atoms with E-state index in [1.807, 2.05) is 0 Å². The van der Waals surface area contributed by atoms with Crippen LogP contribution >= 0.6 is 0 Å². The van der Waals surface area contributed by atoms with Crippen LogP contribution in [0.25, 0.3) is 0 Å². The SMILES string of the molecule is CC(C)(CC1(c2ccccc2)CC(C)(C)c2ccccc21)c1ccccc1. The van der Waals surface area contributed by atoms with Gasteiger partial charge in [-0.15, -0.1) is 0 Å². The highest BCUT2D eigenvalue weighted by molar-refractivity contribution is 5.53. The van der Waals surface area contributed by atoms with Crippen molar-refractivity contribution in [2.24, 2.45) is 0 Å². The van der Waals surface area contributed by atoms with Crippen molar-refractivity contribution in [3.63, 3.8) is 0 Å². The lowest BCUT2D eigenvalue weighted by Gasteiger charge is -2.40. The van der Waals surface area contributed by atoms with Gasteiger partial charge in [-0.3, -0.25) is 0 Å². The molecule has 3 aromatic carbocycles. The van der Waals surface area contributed by atoms with Gasteiger partial charge in [-0.25, -0.2) is 0 Å². The number of hydrogen-bond acceptors (Lipinski definition) is 0. The van der Waals surface area contributed by atoms with E-state index in [2.05, 4.69) is 113 Å². The molecule has 138 valence electrons. The Hall–Kier alpha value is -2.34. The summed E-state index contributed by atoms with van der Waals surface area (Å²) in [5.74, 6) is 0. The quantitative estimate of drug-likeness (QED) is 0.472. The van der Waals surface area contributed by atoms with Crippen molar-refractivity contribution in [3.05, 3.63) is 107 Å². The summed E-state index contributed by atoms with van der Waals surface area (Å²) < 4.78 is 0. The Morgan fingerprint density at radius 3 is 1.85 bits per heavy atom. The zero-order valence-electron chi connectivity index (χ0n) is 17.0. The Labute approximate surface area is 164 Å². The third-order valence-electron chi connectivity index (χ3n) is 6.54. The molecule has 0 heteroatoms. The van der Waals surface area contributed by atoms with Crippen LogP contribution in [-0.4, -0.2) is 0 Å². The van der Waals surface area contributed by atoms with Crippen LogP contribution in [0.2, 0.25) is 0 Å². The smallest absolute Gasteiger partial charge is 0.0222 e. The van der Waals surface area contributed by atoms with Crippen LogP contribution in [0, 0.1) is 0 Å². The second-order valence-corrected chi connectivity index (χ2v) is 9.48. The van der Waals surface area contributed by atoms with Gasteiger partial charge in [-0.2, -0.15) is 0 Å². The summed E-state index contributed by atoms with van der Waals surface area (Å²) in [7, 11) is 0. The second kappa shape index (κ2) is 6.37. The van der Waals surface area contributed by atoms with Crippen molar-refractivity contribution in [1.82, 2.24) is 0 Å². The maximum atomic E-state index is 2.41. The molecule has 1 atom stereocenters. The molecule has 3 aromatic rings. The lowest BCUT2D eigenvalue weighted by molar-refractivity contribution is 0.310. The molecule has 1 aliphatic rings. The molecule has 0 saturated heterocycles. The lowest BCUT2D eigenvalue weighted by atomic mass is 9.63. The first-order valence-corrected chi connectivity index (χ1v) is 10.1. The standard InChI is InChI=1S/C27H30/c1-25(2,21-13-7-5-8-14-21)19-27(22-15-9-6-10-16-22)20-26(3,4)23-17-11-12-18-24(23)27/h5-18H,19-20H2,1-4H3. The minimum Gasteiger partial charge on any atom is -0.0622 e. The molecule has 27 heavy (non-hydrogen) atoms. The van der Waals surface area contributed by atoms with Gasteiger partial charge in [0.1, 0.15) is 0 Å². The predicted molar refractivity (Wildman–Crippen MR) is 115 cm³/mol.